The van der Waals surface area contributed by atoms with Crippen LogP contribution in [-0.4, -0.2) is 46.2 Å². The van der Waals surface area contributed by atoms with Gasteiger partial charge in [0.2, 0.25) is 0 Å². The number of esters is 1. The predicted molar refractivity (Wildman–Crippen MR) is 51.5 cm³/mol. The first-order valence-corrected chi connectivity index (χ1v) is 5.79. The molecule has 0 aliphatic carbocycles. The minimum absolute atomic E-state index is 0.172. The number of nitrogens with zero attached hydrogens (tertiary/aromatic N) is 2. The number of carbonyl (C=O) groups is 1. The maximum absolute atomic E-state index is 11.2. The van der Waals surface area contributed by atoms with E-state index in [9.17, 15) is 4.79 Å². The van der Waals surface area contributed by atoms with Crippen LogP contribution < -0.4 is 4.90 Å². The Balaban J connectivity index is 2.73. The fourth-order valence-corrected chi connectivity index (χ4v) is 2.30. The van der Waals surface area contributed by atoms with Crippen LogP contribution >= 0.6 is 0 Å². The molecule has 0 bridgehead atoms. The average Bonchev–Trinajstić information content (AvgIpc) is 2.52. The molecule has 0 aromatic carbocycles. The van der Waals surface area contributed by atoms with Crippen molar-refractivity contribution in [2.24, 2.45) is 0 Å². The molecule has 0 saturated carbocycles. The van der Waals surface area contributed by atoms with Crippen LogP contribution in [0.2, 0.25) is 0 Å². The standard InChI is InChI=1S/C8H12N2O2Se/c1-4-12-7(11)6-5-13-8(9-6)10(2)3/h5H,4H2,1-3H3. The molecule has 4 nitrogen and oxygen atoms in total. The van der Waals surface area contributed by atoms with Gasteiger partial charge in [0, 0.05) is 0 Å². The molecular weight excluding hydrogens is 235 g/mol. The predicted octanol–water partition coefficient (Wildman–Crippen LogP) is 0.381. The van der Waals surface area contributed by atoms with E-state index < -0.39 is 0 Å². The van der Waals surface area contributed by atoms with Crippen LogP contribution in [0.4, 0.5) is 4.69 Å². The number of carbonyl (C=O) groups excluding carboxylic acids is 1. The molecule has 0 N–H and O–H groups in total. The van der Waals surface area contributed by atoms with E-state index in [1.54, 1.807) is 6.92 Å². The van der Waals surface area contributed by atoms with Crippen molar-refractivity contribution >= 4 is 25.2 Å². The molecule has 1 rings (SSSR count). The number of hydrogen-bond acceptors (Lipinski definition) is 4. The van der Waals surface area contributed by atoms with Gasteiger partial charge in [-0.15, -0.1) is 0 Å². The first-order valence-electron chi connectivity index (χ1n) is 3.95. The second-order valence-corrected chi connectivity index (χ2v) is 4.39. The van der Waals surface area contributed by atoms with Crippen molar-refractivity contribution in [2.75, 3.05) is 25.6 Å². The van der Waals surface area contributed by atoms with Crippen molar-refractivity contribution in [3.8, 4) is 0 Å². The third-order valence-corrected chi connectivity index (χ3v) is 3.47. The van der Waals surface area contributed by atoms with Crippen LogP contribution in [0.3, 0.4) is 0 Å². The molecule has 5 heteroatoms. The van der Waals surface area contributed by atoms with Crippen molar-refractivity contribution in [1.82, 2.24) is 4.98 Å². The van der Waals surface area contributed by atoms with Gasteiger partial charge in [0.05, 0.1) is 0 Å². The average molecular weight is 247 g/mol. The molecule has 0 saturated heterocycles. The molecule has 1 heterocycles. The van der Waals surface area contributed by atoms with E-state index in [0.29, 0.717) is 12.3 Å². The van der Waals surface area contributed by atoms with Crippen LogP contribution in [0.5, 0.6) is 0 Å². The van der Waals surface area contributed by atoms with E-state index in [1.807, 2.05) is 23.9 Å². The van der Waals surface area contributed by atoms with E-state index in [4.69, 9.17) is 4.74 Å². The van der Waals surface area contributed by atoms with Crippen LogP contribution in [0.25, 0.3) is 0 Å². The Labute approximate surface area is 83.3 Å². The van der Waals surface area contributed by atoms with Crippen molar-refractivity contribution in [2.45, 2.75) is 6.92 Å². The first-order chi connectivity index (χ1) is 6.15. The molecule has 1 aromatic heterocycles. The molecule has 0 fully saturated rings. The monoisotopic (exact) mass is 248 g/mol. The molecule has 0 spiro atoms. The number of aromatic nitrogens is 1. The van der Waals surface area contributed by atoms with E-state index in [0.717, 1.165) is 4.69 Å². The van der Waals surface area contributed by atoms with Crippen LogP contribution in [0, 0.1) is 0 Å². The number of hydrogen-bond donors (Lipinski definition) is 0. The Morgan fingerprint density at radius 2 is 2.38 bits per heavy atom. The summed E-state index contributed by atoms with van der Waals surface area (Å²) >= 11 is 0.172. The molecule has 0 aliphatic heterocycles. The summed E-state index contributed by atoms with van der Waals surface area (Å²) in [5.41, 5.74) is 0.450. The zero-order chi connectivity index (χ0) is 9.84. The molecular formula is C8H12N2O2Se. The quantitative estimate of drug-likeness (QED) is 0.572. The molecule has 0 amide bonds. The van der Waals surface area contributed by atoms with E-state index in [-0.39, 0.29) is 20.5 Å². The summed E-state index contributed by atoms with van der Waals surface area (Å²) in [6.07, 6.45) is 0. The van der Waals surface area contributed by atoms with Gasteiger partial charge in [-0.05, 0) is 0 Å². The van der Waals surface area contributed by atoms with Gasteiger partial charge in [-0.25, -0.2) is 0 Å². The summed E-state index contributed by atoms with van der Waals surface area (Å²) in [5.74, 6) is -0.318. The fourth-order valence-electron chi connectivity index (χ4n) is 0.768. The Bertz CT molecular complexity index is 296. The number of anilines is 1. The Morgan fingerprint density at radius 3 is 2.85 bits per heavy atom. The van der Waals surface area contributed by atoms with Crippen molar-refractivity contribution in [1.29, 1.82) is 0 Å². The summed E-state index contributed by atoms with van der Waals surface area (Å²) in [4.78, 5) is 19.1. The topological polar surface area (TPSA) is 42.4 Å². The van der Waals surface area contributed by atoms with Gasteiger partial charge >= 0.3 is 82.8 Å². The number of ether oxygens (including phenoxy) is 1. The van der Waals surface area contributed by atoms with Crippen molar-refractivity contribution in [3.63, 3.8) is 0 Å². The fraction of sp³-hybridized carbons (Fsp3) is 0.500. The van der Waals surface area contributed by atoms with Gasteiger partial charge in [-0.3, -0.25) is 0 Å². The van der Waals surface area contributed by atoms with E-state index in [1.165, 1.54) is 0 Å². The van der Waals surface area contributed by atoms with Crippen molar-refractivity contribution in [3.05, 3.63) is 10.6 Å². The molecule has 0 radical (unpaired) electrons. The maximum atomic E-state index is 11.2. The van der Waals surface area contributed by atoms with E-state index >= 15 is 0 Å². The zero-order valence-corrected chi connectivity index (χ0v) is 9.62. The third-order valence-electron chi connectivity index (χ3n) is 1.36. The van der Waals surface area contributed by atoms with E-state index in [2.05, 4.69) is 4.98 Å². The summed E-state index contributed by atoms with van der Waals surface area (Å²) < 4.78 is 5.79. The summed E-state index contributed by atoms with van der Waals surface area (Å²) in [6.45, 7) is 2.19. The zero-order valence-electron chi connectivity index (χ0n) is 7.90. The molecule has 0 atom stereocenters. The molecule has 1 aromatic rings. The van der Waals surface area contributed by atoms with Gasteiger partial charge in [-0.2, -0.15) is 0 Å². The van der Waals surface area contributed by atoms with Crippen LogP contribution in [0.15, 0.2) is 4.94 Å². The van der Waals surface area contributed by atoms with Gasteiger partial charge in [-0.1, -0.05) is 0 Å². The third kappa shape index (κ3) is 2.57. The summed E-state index contributed by atoms with van der Waals surface area (Å²) in [7, 11) is 3.84. The van der Waals surface area contributed by atoms with Crippen molar-refractivity contribution < 1.29 is 9.53 Å². The summed E-state index contributed by atoms with van der Waals surface area (Å²) in [5, 5.41) is 0. The summed E-state index contributed by atoms with van der Waals surface area (Å²) in [6, 6.07) is 0. The Morgan fingerprint density at radius 1 is 1.69 bits per heavy atom. The molecule has 72 valence electrons. The second-order valence-electron chi connectivity index (χ2n) is 2.63. The van der Waals surface area contributed by atoms with Crippen LogP contribution in [-0.2, 0) is 4.74 Å². The second kappa shape index (κ2) is 4.44. The van der Waals surface area contributed by atoms with Gasteiger partial charge in [0.25, 0.3) is 0 Å². The van der Waals surface area contributed by atoms with Gasteiger partial charge in [0.1, 0.15) is 0 Å². The van der Waals surface area contributed by atoms with Gasteiger partial charge in [0.15, 0.2) is 0 Å². The molecule has 0 unspecified atom stereocenters. The number of rotatable bonds is 3. The Hall–Kier alpha value is -0.801. The van der Waals surface area contributed by atoms with Gasteiger partial charge < -0.3 is 0 Å². The van der Waals surface area contributed by atoms with Crippen LogP contribution in [0.1, 0.15) is 17.4 Å². The SMILES string of the molecule is CCOC(=O)c1c[se]c(N(C)C)n1. The minimum atomic E-state index is -0.318. The molecule has 13 heavy (non-hydrogen) atoms. The first kappa shape index (κ1) is 10.3. The molecule has 0 aliphatic rings. The normalized spacial score (nSPS) is 9.77. The Kier molecular flexibility index (Phi) is 3.51.